The minimum Gasteiger partial charge on any atom is -0.497 e. The first-order valence-electron chi connectivity index (χ1n) is 7.32. The van der Waals surface area contributed by atoms with E-state index in [9.17, 15) is 0 Å². The van der Waals surface area contributed by atoms with Gasteiger partial charge >= 0.3 is 0 Å². The van der Waals surface area contributed by atoms with Gasteiger partial charge in [-0.2, -0.15) is 0 Å². The average molecular weight is 267 g/mol. The smallest absolute Gasteiger partial charge is 0.118 e. The monoisotopic (exact) mass is 267 g/mol. The molecule has 0 unspecified atom stereocenters. The first-order valence-corrected chi connectivity index (χ1v) is 7.32. The van der Waals surface area contributed by atoms with Gasteiger partial charge in [-0.3, -0.25) is 0 Å². The molecule has 0 bridgehead atoms. The van der Waals surface area contributed by atoms with E-state index < -0.39 is 0 Å². The van der Waals surface area contributed by atoms with E-state index in [1.807, 2.05) is 12.1 Å². The minimum atomic E-state index is 0.676. The van der Waals surface area contributed by atoms with Gasteiger partial charge in [0.25, 0.3) is 0 Å². The van der Waals surface area contributed by atoms with Crippen LogP contribution in [0.2, 0.25) is 0 Å². The van der Waals surface area contributed by atoms with Gasteiger partial charge in [-0.1, -0.05) is 36.4 Å². The van der Waals surface area contributed by atoms with E-state index in [1.165, 1.54) is 29.5 Å². The number of piperidine rings is 1. The third kappa shape index (κ3) is 2.70. The lowest BCUT2D eigenvalue weighted by Crippen LogP contribution is -2.26. The second-order valence-electron chi connectivity index (χ2n) is 5.34. The van der Waals surface area contributed by atoms with Crippen molar-refractivity contribution in [3.05, 3.63) is 54.1 Å². The van der Waals surface area contributed by atoms with Crippen molar-refractivity contribution in [1.82, 2.24) is 5.32 Å². The van der Waals surface area contributed by atoms with Crippen molar-refractivity contribution in [2.24, 2.45) is 0 Å². The standard InChI is InChI=1S/C18H21NO/c1-20-16-8-6-14(7-9-16)17-4-2-3-5-18(17)15-10-12-19-13-11-15/h2-9,15,19H,10-13H2,1H3. The number of rotatable bonds is 3. The normalized spacial score (nSPS) is 16.1. The lowest BCUT2D eigenvalue weighted by Gasteiger charge is -2.25. The summed E-state index contributed by atoms with van der Waals surface area (Å²) >= 11 is 0. The van der Waals surface area contributed by atoms with Gasteiger partial charge in [0.05, 0.1) is 7.11 Å². The number of nitrogens with one attached hydrogen (secondary N) is 1. The summed E-state index contributed by atoms with van der Waals surface area (Å²) in [5, 5.41) is 3.44. The maximum Gasteiger partial charge on any atom is 0.118 e. The molecule has 0 saturated carbocycles. The molecule has 3 rings (SSSR count). The Kier molecular flexibility index (Phi) is 4.03. The van der Waals surface area contributed by atoms with Gasteiger partial charge in [0.2, 0.25) is 0 Å². The molecule has 20 heavy (non-hydrogen) atoms. The summed E-state index contributed by atoms with van der Waals surface area (Å²) in [4.78, 5) is 0. The van der Waals surface area contributed by atoms with Crippen LogP contribution in [0.25, 0.3) is 11.1 Å². The van der Waals surface area contributed by atoms with Crippen LogP contribution < -0.4 is 10.1 Å². The summed E-state index contributed by atoms with van der Waals surface area (Å²) in [6, 6.07) is 17.2. The fourth-order valence-corrected chi connectivity index (χ4v) is 3.02. The van der Waals surface area contributed by atoms with E-state index in [0.29, 0.717) is 5.92 Å². The molecule has 2 aromatic rings. The molecule has 1 fully saturated rings. The summed E-state index contributed by atoms with van der Waals surface area (Å²) in [5.74, 6) is 1.59. The molecular weight excluding hydrogens is 246 g/mol. The van der Waals surface area contributed by atoms with Gasteiger partial charge in [0.1, 0.15) is 5.75 Å². The van der Waals surface area contributed by atoms with Crippen molar-refractivity contribution in [1.29, 1.82) is 0 Å². The molecule has 104 valence electrons. The Balaban J connectivity index is 1.95. The molecule has 0 radical (unpaired) electrons. The summed E-state index contributed by atoms with van der Waals surface area (Å²) in [7, 11) is 1.71. The topological polar surface area (TPSA) is 21.3 Å². The van der Waals surface area contributed by atoms with Crippen molar-refractivity contribution in [3.63, 3.8) is 0 Å². The maximum absolute atomic E-state index is 5.24. The van der Waals surface area contributed by atoms with Crippen LogP contribution in [0.4, 0.5) is 0 Å². The lowest BCUT2D eigenvalue weighted by atomic mass is 9.85. The highest BCUT2D eigenvalue weighted by Gasteiger charge is 2.18. The number of benzene rings is 2. The Morgan fingerprint density at radius 1 is 0.950 bits per heavy atom. The van der Waals surface area contributed by atoms with E-state index in [0.717, 1.165) is 18.8 Å². The van der Waals surface area contributed by atoms with E-state index in [-0.39, 0.29) is 0 Å². The molecule has 0 amide bonds. The second kappa shape index (κ2) is 6.10. The van der Waals surface area contributed by atoms with Crippen molar-refractivity contribution < 1.29 is 4.74 Å². The van der Waals surface area contributed by atoms with Crippen LogP contribution in [0.3, 0.4) is 0 Å². The first kappa shape index (κ1) is 13.2. The highest BCUT2D eigenvalue weighted by molar-refractivity contribution is 5.68. The van der Waals surface area contributed by atoms with Crippen molar-refractivity contribution in [2.45, 2.75) is 18.8 Å². The maximum atomic E-state index is 5.24. The van der Waals surface area contributed by atoms with Crippen LogP contribution in [0.5, 0.6) is 5.75 Å². The predicted octanol–water partition coefficient (Wildman–Crippen LogP) is 3.83. The highest BCUT2D eigenvalue weighted by atomic mass is 16.5. The quantitative estimate of drug-likeness (QED) is 0.912. The highest BCUT2D eigenvalue weighted by Crippen LogP contribution is 2.34. The number of hydrogen-bond acceptors (Lipinski definition) is 2. The van der Waals surface area contributed by atoms with E-state index in [4.69, 9.17) is 4.74 Å². The SMILES string of the molecule is COc1ccc(-c2ccccc2C2CCNCC2)cc1. The van der Waals surface area contributed by atoms with Gasteiger partial charge in [-0.15, -0.1) is 0 Å². The summed E-state index contributed by atoms with van der Waals surface area (Å²) in [6.07, 6.45) is 2.46. The molecule has 0 atom stereocenters. The molecular formula is C18H21NO. The fraction of sp³-hybridized carbons (Fsp3) is 0.333. The van der Waals surface area contributed by atoms with Crippen LogP contribution in [-0.2, 0) is 0 Å². The van der Waals surface area contributed by atoms with Crippen LogP contribution in [-0.4, -0.2) is 20.2 Å². The zero-order chi connectivity index (χ0) is 13.8. The van der Waals surface area contributed by atoms with Crippen molar-refractivity contribution in [3.8, 4) is 16.9 Å². The Morgan fingerprint density at radius 2 is 1.65 bits per heavy atom. The van der Waals surface area contributed by atoms with E-state index in [2.05, 4.69) is 41.7 Å². The van der Waals surface area contributed by atoms with Crippen LogP contribution in [0.15, 0.2) is 48.5 Å². The predicted molar refractivity (Wildman–Crippen MR) is 83.3 cm³/mol. The first-order chi connectivity index (χ1) is 9.88. The van der Waals surface area contributed by atoms with Gasteiger partial charge in [0, 0.05) is 0 Å². The Hall–Kier alpha value is -1.80. The van der Waals surface area contributed by atoms with Gasteiger partial charge < -0.3 is 10.1 Å². The van der Waals surface area contributed by atoms with Gasteiger partial charge in [-0.25, -0.2) is 0 Å². The number of hydrogen-bond donors (Lipinski definition) is 1. The molecule has 1 aliphatic heterocycles. The molecule has 0 aliphatic carbocycles. The van der Waals surface area contributed by atoms with Crippen LogP contribution in [0.1, 0.15) is 24.3 Å². The number of methoxy groups -OCH3 is 1. The number of ether oxygens (including phenoxy) is 1. The van der Waals surface area contributed by atoms with E-state index >= 15 is 0 Å². The molecule has 2 aromatic carbocycles. The average Bonchev–Trinajstić information content (AvgIpc) is 2.56. The summed E-state index contributed by atoms with van der Waals surface area (Å²) in [6.45, 7) is 2.25. The van der Waals surface area contributed by atoms with E-state index in [1.54, 1.807) is 7.11 Å². The third-order valence-electron chi connectivity index (χ3n) is 4.14. The molecule has 1 saturated heterocycles. The molecule has 2 nitrogen and oxygen atoms in total. The molecule has 1 N–H and O–H groups in total. The second-order valence-corrected chi connectivity index (χ2v) is 5.34. The zero-order valence-electron chi connectivity index (χ0n) is 11.9. The largest absolute Gasteiger partial charge is 0.497 e. The fourth-order valence-electron chi connectivity index (χ4n) is 3.02. The van der Waals surface area contributed by atoms with Crippen LogP contribution in [0, 0.1) is 0 Å². The molecule has 1 heterocycles. The molecule has 1 aliphatic rings. The minimum absolute atomic E-state index is 0.676. The Labute approximate surface area is 120 Å². The lowest BCUT2D eigenvalue weighted by molar-refractivity contribution is 0.415. The summed E-state index contributed by atoms with van der Waals surface area (Å²) in [5.41, 5.74) is 4.13. The Morgan fingerprint density at radius 3 is 2.35 bits per heavy atom. The zero-order valence-corrected chi connectivity index (χ0v) is 11.9. The van der Waals surface area contributed by atoms with Crippen molar-refractivity contribution in [2.75, 3.05) is 20.2 Å². The van der Waals surface area contributed by atoms with Gasteiger partial charge in [0.15, 0.2) is 0 Å². The Bertz CT molecular complexity index is 556. The van der Waals surface area contributed by atoms with Crippen LogP contribution >= 0.6 is 0 Å². The molecule has 0 spiro atoms. The molecule has 0 aromatic heterocycles. The summed E-state index contributed by atoms with van der Waals surface area (Å²) < 4.78 is 5.24. The van der Waals surface area contributed by atoms with Crippen molar-refractivity contribution >= 4 is 0 Å². The van der Waals surface area contributed by atoms with Gasteiger partial charge in [-0.05, 0) is 60.7 Å². The third-order valence-corrected chi connectivity index (χ3v) is 4.14. The molecule has 2 heteroatoms.